The van der Waals surface area contributed by atoms with Crippen molar-refractivity contribution in [2.75, 3.05) is 6.61 Å². The fraction of sp³-hybridized carbons (Fsp3) is 0.143. The lowest BCUT2D eigenvalue weighted by molar-refractivity contribution is -0.153. The van der Waals surface area contributed by atoms with Crippen LogP contribution in [0.2, 0.25) is 0 Å². The van der Waals surface area contributed by atoms with Gasteiger partial charge in [0.05, 0.1) is 5.69 Å². The number of halogens is 5. The molecule has 0 amide bonds. The molecule has 2 rings (SSSR count). The van der Waals surface area contributed by atoms with Gasteiger partial charge in [0.25, 0.3) is 5.56 Å². The van der Waals surface area contributed by atoms with Gasteiger partial charge in [-0.2, -0.15) is 13.2 Å². The lowest BCUT2D eigenvalue weighted by Crippen LogP contribution is -2.26. The van der Waals surface area contributed by atoms with Crippen molar-refractivity contribution in [3.63, 3.8) is 0 Å². The van der Waals surface area contributed by atoms with Crippen LogP contribution in [0.25, 0.3) is 5.69 Å². The van der Waals surface area contributed by atoms with Gasteiger partial charge in [0.2, 0.25) is 0 Å². The van der Waals surface area contributed by atoms with E-state index in [1.807, 2.05) is 0 Å². The topological polar surface area (TPSA) is 68.5 Å². The van der Waals surface area contributed by atoms with Crippen LogP contribution in [0.15, 0.2) is 35.3 Å². The molecule has 1 aromatic heterocycles. The van der Waals surface area contributed by atoms with E-state index in [0.29, 0.717) is 16.7 Å². The molecule has 1 N–H and O–H groups in total. The average Bonchev–Trinajstić information content (AvgIpc) is 2.47. The predicted octanol–water partition coefficient (Wildman–Crippen LogP) is 2.76. The van der Waals surface area contributed by atoms with E-state index in [0.717, 1.165) is 18.3 Å². The number of pyridine rings is 1. The van der Waals surface area contributed by atoms with Crippen molar-refractivity contribution < 1.29 is 36.6 Å². The molecule has 128 valence electrons. The third-order valence-electron chi connectivity index (χ3n) is 2.83. The fourth-order valence-electron chi connectivity index (χ4n) is 1.83. The molecule has 0 aliphatic rings. The molecule has 0 aliphatic heterocycles. The summed E-state index contributed by atoms with van der Waals surface area (Å²) in [4.78, 5) is 23.0. The second-order valence-electron chi connectivity index (χ2n) is 4.54. The van der Waals surface area contributed by atoms with Crippen molar-refractivity contribution in [2.24, 2.45) is 0 Å². The Morgan fingerprint density at radius 3 is 2.42 bits per heavy atom. The molecule has 5 nitrogen and oxygen atoms in total. The molecule has 2 aromatic rings. The van der Waals surface area contributed by atoms with E-state index < -0.39 is 52.9 Å². The average molecular weight is 349 g/mol. The van der Waals surface area contributed by atoms with Crippen molar-refractivity contribution in [3.05, 3.63) is 58.0 Å². The van der Waals surface area contributed by atoms with E-state index in [9.17, 15) is 31.5 Å². The number of carbonyl (C=O) groups is 1. The van der Waals surface area contributed by atoms with Crippen LogP contribution < -0.4 is 10.3 Å². The number of carboxylic acid groups (broad SMARTS) is 1. The van der Waals surface area contributed by atoms with E-state index >= 15 is 0 Å². The van der Waals surface area contributed by atoms with Crippen LogP contribution >= 0.6 is 0 Å². The van der Waals surface area contributed by atoms with Crippen molar-refractivity contribution in [2.45, 2.75) is 6.18 Å². The highest BCUT2D eigenvalue weighted by Gasteiger charge is 2.29. The summed E-state index contributed by atoms with van der Waals surface area (Å²) in [7, 11) is 0. The smallest absolute Gasteiger partial charge is 0.422 e. The van der Waals surface area contributed by atoms with E-state index in [4.69, 9.17) is 5.11 Å². The summed E-state index contributed by atoms with van der Waals surface area (Å²) >= 11 is 0. The highest BCUT2D eigenvalue weighted by atomic mass is 19.4. The summed E-state index contributed by atoms with van der Waals surface area (Å²) < 4.78 is 68.5. The highest BCUT2D eigenvalue weighted by Crippen LogP contribution is 2.27. The van der Waals surface area contributed by atoms with Crippen molar-refractivity contribution >= 4 is 5.97 Å². The summed E-state index contributed by atoms with van der Waals surface area (Å²) in [5.41, 5.74) is -2.41. The third-order valence-corrected chi connectivity index (χ3v) is 2.83. The molecule has 0 saturated carbocycles. The summed E-state index contributed by atoms with van der Waals surface area (Å²) in [5.74, 6) is -5.29. The molecule has 0 atom stereocenters. The van der Waals surface area contributed by atoms with Gasteiger partial charge in [-0.05, 0) is 12.1 Å². The quantitative estimate of drug-likeness (QED) is 0.862. The first-order valence-corrected chi connectivity index (χ1v) is 6.24. The first-order valence-electron chi connectivity index (χ1n) is 6.24. The van der Waals surface area contributed by atoms with E-state index in [-0.39, 0.29) is 0 Å². The van der Waals surface area contributed by atoms with Gasteiger partial charge in [-0.1, -0.05) is 0 Å². The van der Waals surface area contributed by atoms with Gasteiger partial charge >= 0.3 is 12.1 Å². The standard InChI is InChI=1S/C14H8F5NO4/c15-8-4-10(11(5-9(8)16)24-6-14(17,18)19)20-3-1-2-7(12(20)21)13(22)23/h1-5H,6H2,(H,22,23). The number of benzene rings is 1. The molecule has 24 heavy (non-hydrogen) atoms. The minimum atomic E-state index is -4.75. The SMILES string of the molecule is O=C(O)c1cccn(-c2cc(F)c(F)cc2OCC(F)(F)F)c1=O. The minimum absolute atomic E-state index is 0.344. The Balaban J connectivity index is 2.61. The Labute approximate surface area is 130 Å². The fourth-order valence-corrected chi connectivity index (χ4v) is 1.83. The Bertz CT molecular complexity index is 844. The third kappa shape index (κ3) is 3.70. The number of aromatic carboxylic acids is 1. The lowest BCUT2D eigenvalue weighted by Gasteiger charge is -2.15. The first-order chi connectivity index (χ1) is 11.1. The van der Waals surface area contributed by atoms with Crippen molar-refractivity contribution in [1.82, 2.24) is 4.57 Å². The number of carboxylic acids is 1. The van der Waals surface area contributed by atoms with Crippen molar-refractivity contribution in [1.29, 1.82) is 0 Å². The monoisotopic (exact) mass is 349 g/mol. The summed E-state index contributed by atoms with van der Waals surface area (Å²) in [6.45, 7) is -1.81. The van der Waals surface area contributed by atoms with Crippen molar-refractivity contribution in [3.8, 4) is 11.4 Å². The molecular formula is C14H8F5NO4. The molecule has 0 fully saturated rings. The molecule has 0 unspecified atom stereocenters. The maximum absolute atomic E-state index is 13.4. The Hall–Kier alpha value is -2.91. The van der Waals surface area contributed by atoms with E-state index in [1.165, 1.54) is 0 Å². The number of aromatic nitrogens is 1. The molecule has 0 saturated heterocycles. The largest absolute Gasteiger partial charge is 0.482 e. The summed E-state index contributed by atoms with van der Waals surface area (Å²) in [5, 5.41) is 8.89. The zero-order valence-electron chi connectivity index (χ0n) is 11.6. The van der Waals surface area contributed by atoms with Gasteiger partial charge in [0.1, 0.15) is 11.3 Å². The van der Waals surface area contributed by atoms with Gasteiger partial charge in [-0.15, -0.1) is 0 Å². The predicted molar refractivity (Wildman–Crippen MR) is 70.5 cm³/mol. The van der Waals surface area contributed by atoms with Crippen LogP contribution in [0.4, 0.5) is 22.0 Å². The second kappa shape index (κ2) is 6.30. The normalized spacial score (nSPS) is 11.4. The van der Waals surface area contributed by atoms with E-state index in [2.05, 4.69) is 4.74 Å². The molecule has 1 heterocycles. The van der Waals surface area contributed by atoms with E-state index in [1.54, 1.807) is 0 Å². The van der Waals surface area contributed by atoms with Crippen LogP contribution in [-0.2, 0) is 0 Å². The van der Waals surface area contributed by atoms with Gasteiger partial charge in [0.15, 0.2) is 18.2 Å². The molecular weight excluding hydrogens is 341 g/mol. The molecule has 10 heteroatoms. The zero-order valence-corrected chi connectivity index (χ0v) is 11.6. The second-order valence-corrected chi connectivity index (χ2v) is 4.54. The van der Waals surface area contributed by atoms with Crippen LogP contribution in [0, 0.1) is 11.6 Å². The first kappa shape index (κ1) is 17.4. The molecule has 0 spiro atoms. The number of hydrogen-bond acceptors (Lipinski definition) is 3. The Morgan fingerprint density at radius 1 is 1.21 bits per heavy atom. The minimum Gasteiger partial charge on any atom is -0.482 e. The maximum Gasteiger partial charge on any atom is 0.422 e. The Morgan fingerprint density at radius 2 is 1.83 bits per heavy atom. The maximum atomic E-state index is 13.4. The number of alkyl halides is 3. The number of ether oxygens (including phenoxy) is 1. The number of rotatable bonds is 4. The van der Waals surface area contributed by atoms with Gasteiger partial charge in [0, 0.05) is 18.3 Å². The number of nitrogens with zero attached hydrogens (tertiary/aromatic N) is 1. The molecule has 1 aromatic carbocycles. The van der Waals surface area contributed by atoms with Gasteiger partial charge in [-0.3, -0.25) is 9.36 Å². The van der Waals surface area contributed by atoms with Crippen LogP contribution in [0.1, 0.15) is 10.4 Å². The summed E-state index contributed by atoms with van der Waals surface area (Å²) in [6, 6.07) is 2.85. The molecule has 0 radical (unpaired) electrons. The van der Waals surface area contributed by atoms with Crippen LogP contribution in [0.3, 0.4) is 0 Å². The summed E-state index contributed by atoms with van der Waals surface area (Å²) in [6.07, 6.45) is -3.77. The number of hydrogen-bond donors (Lipinski definition) is 1. The Kier molecular flexibility index (Phi) is 4.58. The van der Waals surface area contributed by atoms with Gasteiger partial charge < -0.3 is 9.84 Å². The lowest BCUT2D eigenvalue weighted by atomic mass is 10.2. The molecule has 0 aliphatic carbocycles. The highest BCUT2D eigenvalue weighted by molar-refractivity contribution is 5.87. The van der Waals surface area contributed by atoms with Crippen LogP contribution in [-0.4, -0.2) is 28.4 Å². The zero-order chi connectivity index (χ0) is 18.1. The molecule has 0 bridgehead atoms. The van der Waals surface area contributed by atoms with Gasteiger partial charge in [-0.25, -0.2) is 13.6 Å². The van der Waals surface area contributed by atoms with Crippen LogP contribution in [0.5, 0.6) is 5.75 Å².